The SMILES string of the molecule is CC(C)n1cc(OCc2ccccc2C#N)cn1. The topological polar surface area (TPSA) is 50.8 Å². The smallest absolute Gasteiger partial charge is 0.157 e. The highest BCUT2D eigenvalue weighted by atomic mass is 16.5. The molecule has 0 unspecified atom stereocenters. The van der Waals surface area contributed by atoms with E-state index in [1.165, 1.54) is 0 Å². The van der Waals surface area contributed by atoms with Crippen LogP contribution in [0.1, 0.15) is 31.0 Å². The maximum atomic E-state index is 8.97. The van der Waals surface area contributed by atoms with Gasteiger partial charge in [0.05, 0.1) is 24.0 Å². The quantitative estimate of drug-likeness (QED) is 0.827. The second-order valence-electron chi connectivity index (χ2n) is 4.31. The predicted molar refractivity (Wildman–Crippen MR) is 68.1 cm³/mol. The molecule has 1 heterocycles. The number of aromatic nitrogens is 2. The number of hydrogen-bond donors (Lipinski definition) is 0. The summed E-state index contributed by atoms with van der Waals surface area (Å²) in [5, 5.41) is 13.2. The van der Waals surface area contributed by atoms with E-state index < -0.39 is 0 Å². The molecule has 4 heteroatoms. The summed E-state index contributed by atoms with van der Waals surface area (Å²) in [5.74, 6) is 0.719. The minimum Gasteiger partial charge on any atom is -0.486 e. The molecular weight excluding hydrogens is 226 g/mol. The van der Waals surface area contributed by atoms with Crippen molar-refractivity contribution in [2.24, 2.45) is 0 Å². The molecule has 0 aliphatic heterocycles. The summed E-state index contributed by atoms with van der Waals surface area (Å²) in [6.07, 6.45) is 3.55. The summed E-state index contributed by atoms with van der Waals surface area (Å²) >= 11 is 0. The van der Waals surface area contributed by atoms with Crippen LogP contribution in [0.3, 0.4) is 0 Å². The van der Waals surface area contributed by atoms with E-state index in [4.69, 9.17) is 10.00 Å². The molecule has 0 atom stereocenters. The molecule has 0 fully saturated rings. The zero-order chi connectivity index (χ0) is 13.0. The van der Waals surface area contributed by atoms with Gasteiger partial charge in [-0.05, 0) is 19.9 Å². The van der Waals surface area contributed by atoms with E-state index in [0.717, 1.165) is 11.3 Å². The van der Waals surface area contributed by atoms with Gasteiger partial charge in [-0.1, -0.05) is 18.2 Å². The molecule has 0 saturated carbocycles. The molecule has 0 saturated heterocycles. The molecule has 2 aromatic rings. The second kappa shape index (κ2) is 5.37. The Morgan fingerprint density at radius 1 is 1.39 bits per heavy atom. The van der Waals surface area contributed by atoms with Gasteiger partial charge in [-0.25, -0.2) is 0 Å². The van der Waals surface area contributed by atoms with Crippen LogP contribution in [0, 0.1) is 11.3 Å². The Hall–Kier alpha value is -2.28. The van der Waals surface area contributed by atoms with Crippen LogP contribution < -0.4 is 4.74 Å². The standard InChI is InChI=1S/C14H15N3O/c1-11(2)17-9-14(8-16-17)18-10-13-6-4-3-5-12(13)7-15/h3-6,8-9,11H,10H2,1-2H3. The number of ether oxygens (including phenoxy) is 1. The van der Waals surface area contributed by atoms with E-state index in [2.05, 4.69) is 25.0 Å². The van der Waals surface area contributed by atoms with Gasteiger partial charge in [0.25, 0.3) is 0 Å². The zero-order valence-corrected chi connectivity index (χ0v) is 10.5. The molecule has 0 amide bonds. The van der Waals surface area contributed by atoms with Crippen molar-refractivity contribution >= 4 is 0 Å². The van der Waals surface area contributed by atoms with Crippen LogP contribution in [-0.4, -0.2) is 9.78 Å². The van der Waals surface area contributed by atoms with E-state index >= 15 is 0 Å². The third kappa shape index (κ3) is 2.69. The largest absolute Gasteiger partial charge is 0.486 e. The van der Waals surface area contributed by atoms with Gasteiger partial charge in [0.15, 0.2) is 5.75 Å². The Labute approximate surface area is 106 Å². The van der Waals surface area contributed by atoms with Gasteiger partial charge in [0.1, 0.15) is 6.61 Å². The lowest BCUT2D eigenvalue weighted by Gasteiger charge is -2.05. The van der Waals surface area contributed by atoms with E-state index in [-0.39, 0.29) is 0 Å². The van der Waals surface area contributed by atoms with Crippen LogP contribution in [0.4, 0.5) is 0 Å². The monoisotopic (exact) mass is 241 g/mol. The average molecular weight is 241 g/mol. The van der Waals surface area contributed by atoms with Crippen molar-refractivity contribution in [3.05, 3.63) is 47.8 Å². The molecule has 2 rings (SSSR count). The number of nitriles is 1. The first-order valence-corrected chi connectivity index (χ1v) is 5.85. The van der Waals surface area contributed by atoms with Gasteiger partial charge < -0.3 is 4.74 Å². The Kier molecular flexibility index (Phi) is 3.63. The number of hydrogen-bond acceptors (Lipinski definition) is 3. The molecule has 1 aromatic carbocycles. The molecule has 0 bridgehead atoms. The first kappa shape index (κ1) is 12.2. The molecule has 0 N–H and O–H groups in total. The maximum absolute atomic E-state index is 8.97. The Balaban J connectivity index is 2.05. The first-order chi connectivity index (χ1) is 8.70. The molecule has 0 radical (unpaired) electrons. The zero-order valence-electron chi connectivity index (χ0n) is 10.5. The molecule has 0 aliphatic carbocycles. The van der Waals surface area contributed by atoms with Crippen LogP contribution in [0.15, 0.2) is 36.7 Å². The van der Waals surface area contributed by atoms with Crippen molar-refractivity contribution in [3.63, 3.8) is 0 Å². The maximum Gasteiger partial charge on any atom is 0.157 e. The van der Waals surface area contributed by atoms with Crippen molar-refractivity contribution < 1.29 is 4.74 Å². The number of nitrogens with zero attached hydrogens (tertiary/aromatic N) is 3. The fraction of sp³-hybridized carbons (Fsp3) is 0.286. The summed E-state index contributed by atoms with van der Waals surface area (Å²) in [7, 11) is 0. The van der Waals surface area contributed by atoms with Crippen molar-refractivity contribution in [2.75, 3.05) is 0 Å². The minimum absolute atomic E-state index is 0.314. The Morgan fingerprint density at radius 2 is 2.17 bits per heavy atom. The number of benzene rings is 1. The van der Waals surface area contributed by atoms with Crippen molar-refractivity contribution in [2.45, 2.75) is 26.5 Å². The third-order valence-corrected chi connectivity index (χ3v) is 2.64. The lowest BCUT2D eigenvalue weighted by molar-refractivity contribution is 0.305. The molecule has 18 heavy (non-hydrogen) atoms. The van der Waals surface area contributed by atoms with E-state index in [9.17, 15) is 0 Å². The van der Waals surface area contributed by atoms with Gasteiger partial charge in [0, 0.05) is 11.6 Å². The van der Waals surface area contributed by atoms with Crippen molar-refractivity contribution in [3.8, 4) is 11.8 Å². The van der Waals surface area contributed by atoms with Gasteiger partial charge in [-0.3, -0.25) is 4.68 Å². The van der Waals surface area contributed by atoms with Crippen molar-refractivity contribution in [1.82, 2.24) is 9.78 Å². The summed E-state index contributed by atoms with van der Waals surface area (Å²) in [5.41, 5.74) is 1.53. The van der Waals surface area contributed by atoms with Crippen LogP contribution in [-0.2, 0) is 6.61 Å². The van der Waals surface area contributed by atoms with E-state index in [1.54, 1.807) is 12.3 Å². The summed E-state index contributed by atoms with van der Waals surface area (Å²) in [6.45, 7) is 4.50. The number of rotatable bonds is 4. The van der Waals surface area contributed by atoms with E-state index in [1.807, 2.05) is 29.1 Å². The first-order valence-electron chi connectivity index (χ1n) is 5.85. The van der Waals surface area contributed by atoms with Crippen molar-refractivity contribution in [1.29, 1.82) is 5.26 Å². The fourth-order valence-electron chi connectivity index (χ4n) is 1.59. The molecule has 0 aliphatic rings. The fourth-order valence-corrected chi connectivity index (χ4v) is 1.59. The lowest BCUT2D eigenvalue weighted by atomic mass is 10.1. The molecule has 0 spiro atoms. The predicted octanol–water partition coefficient (Wildman–Crippen LogP) is 2.91. The van der Waals surface area contributed by atoms with Gasteiger partial charge >= 0.3 is 0 Å². The van der Waals surface area contributed by atoms with Gasteiger partial charge in [-0.2, -0.15) is 10.4 Å². The third-order valence-electron chi connectivity index (χ3n) is 2.64. The highest BCUT2D eigenvalue weighted by Gasteiger charge is 2.05. The minimum atomic E-state index is 0.314. The van der Waals surface area contributed by atoms with Crippen LogP contribution in [0.2, 0.25) is 0 Å². The van der Waals surface area contributed by atoms with Gasteiger partial charge in [0.2, 0.25) is 0 Å². The van der Waals surface area contributed by atoms with Crippen LogP contribution in [0.25, 0.3) is 0 Å². The van der Waals surface area contributed by atoms with Crippen LogP contribution >= 0.6 is 0 Å². The molecule has 92 valence electrons. The summed E-state index contributed by atoms with van der Waals surface area (Å²) < 4.78 is 7.47. The average Bonchev–Trinajstić information content (AvgIpc) is 2.85. The molecular formula is C14H15N3O. The normalized spacial score (nSPS) is 10.3. The van der Waals surface area contributed by atoms with E-state index in [0.29, 0.717) is 18.2 Å². The Morgan fingerprint density at radius 3 is 2.83 bits per heavy atom. The summed E-state index contributed by atoms with van der Waals surface area (Å²) in [4.78, 5) is 0. The van der Waals surface area contributed by atoms with Crippen LogP contribution in [0.5, 0.6) is 5.75 Å². The summed E-state index contributed by atoms with van der Waals surface area (Å²) in [6, 6.07) is 9.90. The highest BCUT2D eigenvalue weighted by molar-refractivity contribution is 5.37. The van der Waals surface area contributed by atoms with Gasteiger partial charge in [-0.15, -0.1) is 0 Å². The molecule has 1 aromatic heterocycles. The highest BCUT2D eigenvalue weighted by Crippen LogP contribution is 2.15. The molecule has 4 nitrogen and oxygen atoms in total. The lowest BCUT2D eigenvalue weighted by Crippen LogP contribution is -2.00. The Bertz CT molecular complexity index is 566. The second-order valence-corrected chi connectivity index (χ2v) is 4.31.